The Morgan fingerprint density at radius 2 is 2.08 bits per heavy atom. The number of rotatable bonds is 2. The van der Waals surface area contributed by atoms with Crippen LogP contribution in [0.25, 0.3) is 10.9 Å². The smallest absolute Gasteiger partial charge is 0.310 e. The zero-order valence-electron chi connectivity index (χ0n) is 15.6. The molecule has 0 amide bonds. The van der Waals surface area contributed by atoms with Gasteiger partial charge in [0, 0.05) is 29.9 Å². The molecule has 5 nitrogen and oxygen atoms in total. The molecule has 1 aliphatic heterocycles. The zero-order valence-corrected chi connectivity index (χ0v) is 15.6. The molecule has 1 aromatic carbocycles. The van der Waals surface area contributed by atoms with E-state index in [0.29, 0.717) is 18.8 Å². The Bertz CT molecular complexity index is 856. The Morgan fingerprint density at radius 3 is 2.81 bits per heavy atom. The number of hydrogen-bond acceptors (Lipinski definition) is 4. The summed E-state index contributed by atoms with van der Waals surface area (Å²) >= 11 is 0. The molecule has 1 N–H and O–H groups in total. The number of para-hydroxylation sites is 1. The number of Topliss-reactive ketones (excluding diaryl/α,β-unsaturated/α-hetero) is 1. The quantitative estimate of drug-likeness (QED) is 0.842. The highest BCUT2D eigenvalue weighted by molar-refractivity contribution is 6.03. The summed E-state index contributed by atoms with van der Waals surface area (Å²) in [5, 5.41) is 1.09. The average Bonchev–Trinajstić information content (AvgIpc) is 3.01. The van der Waals surface area contributed by atoms with E-state index >= 15 is 0 Å². The topological polar surface area (TPSA) is 62.4 Å². The third kappa shape index (κ3) is 2.57. The van der Waals surface area contributed by atoms with Crippen LogP contribution in [-0.4, -0.2) is 48.4 Å². The van der Waals surface area contributed by atoms with Gasteiger partial charge in [-0.25, -0.2) is 0 Å². The third-order valence-electron chi connectivity index (χ3n) is 6.49. The molecule has 138 valence electrons. The first kappa shape index (κ1) is 17.3. The Labute approximate surface area is 153 Å². The largest absolute Gasteiger partial charge is 0.469 e. The van der Waals surface area contributed by atoms with Gasteiger partial charge in [0.25, 0.3) is 0 Å². The number of H-pyrrole nitrogens is 1. The number of ketones is 1. The van der Waals surface area contributed by atoms with Gasteiger partial charge in [0.15, 0.2) is 5.78 Å². The second-order valence-electron chi connectivity index (χ2n) is 7.74. The molecule has 1 aromatic heterocycles. The molecular formula is C21H26N2O3. The number of likely N-dealkylation sites (N-methyl/N-ethyl adjacent to an activating group) is 1. The summed E-state index contributed by atoms with van der Waals surface area (Å²) in [4.78, 5) is 31.5. The number of nitrogens with zero attached hydrogens (tertiary/aromatic N) is 1. The van der Waals surface area contributed by atoms with Crippen molar-refractivity contribution in [1.29, 1.82) is 0 Å². The van der Waals surface area contributed by atoms with Crippen LogP contribution in [0.5, 0.6) is 0 Å². The first-order valence-electron chi connectivity index (χ1n) is 9.46. The minimum Gasteiger partial charge on any atom is -0.469 e. The molecule has 5 heteroatoms. The average molecular weight is 354 g/mol. The van der Waals surface area contributed by atoms with Crippen molar-refractivity contribution in [2.75, 3.05) is 20.7 Å². The first-order valence-corrected chi connectivity index (χ1v) is 9.46. The van der Waals surface area contributed by atoms with E-state index in [-0.39, 0.29) is 29.6 Å². The fourth-order valence-corrected chi connectivity index (χ4v) is 5.15. The number of ether oxygens (including phenoxy) is 1. The molecule has 2 aromatic rings. The van der Waals surface area contributed by atoms with E-state index in [9.17, 15) is 9.59 Å². The maximum Gasteiger partial charge on any atom is 0.310 e. The Balaban J connectivity index is 1.88. The lowest BCUT2D eigenvalue weighted by molar-refractivity contribution is -0.154. The molecule has 4 atom stereocenters. The van der Waals surface area contributed by atoms with Gasteiger partial charge in [0.1, 0.15) is 0 Å². The Morgan fingerprint density at radius 1 is 1.31 bits per heavy atom. The highest BCUT2D eigenvalue weighted by atomic mass is 16.5. The van der Waals surface area contributed by atoms with Crippen molar-refractivity contribution >= 4 is 22.7 Å². The number of benzene rings is 1. The second-order valence-corrected chi connectivity index (χ2v) is 7.74. The molecule has 2 aliphatic rings. The zero-order chi connectivity index (χ0) is 18.4. The van der Waals surface area contributed by atoms with Crippen molar-refractivity contribution in [3.05, 3.63) is 35.5 Å². The highest BCUT2D eigenvalue weighted by Gasteiger charge is 2.48. The predicted molar refractivity (Wildman–Crippen MR) is 100 cm³/mol. The van der Waals surface area contributed by atoms with Gasteiger partial charge in [-0.15, -0.1) is 0 Å². The number of hydrogen-bond donors (Lipinski definition) is 1. The van der Waals surface area contributed by atoms with Crippen LogP contribution in [0.4, 0.5) is 0 Å². The van der Waals surface area contributed by atoms with E-state index in [1.807, 2.05) is 18.2 Å². The number of nitrogens with one attached hydrogen (secondary N) is 1. The van der Waals surface area contributed by atoms with E-state index < -0.39 is 0 Å². The van der Waals surface area contributed by atoms with Gasteiger partial charge in [-0.05, 0) is 36.9 Å². The van der Waals surface area contributed by atoms with Gasteiger partial charge in [-0.1, -0.05) is 31.5 Å². The lowest BCUT2D eigenvalue weighted by atomic mass is 9.67. The van der Waals surface area contributed by atoms with E-state index in [4.69, 9.17) is 4.74 Å². The molecule has 0 saturated carbocycles. The van der Waals surface area contributed by atoms with E-state index in [1.54, 1.807) is 0 Å². The highest BCUT2D eigenvalue weighted by Crippen LogP contribution is 2.42. The van der Waals surface area contributed by atoms with Crippen LogP contribution in [0, 0.1) is 17.8 Å². The SMILES string of the molecule is CC[C@@H]1CN(C)C2Cc3c([nH]c4ccccc34)C(=O)CC1C2C(=O)OC. The van der Waals surface area contributed by atoms with Crippen LogP contribution in [-0.2, 0) is 16.0 Å². The molecule has 1 saturated heterocycles. The molecule has 2 bridgehead atoms. The minimum absolute atomic E-state index is 0.0423. The van der Waals surface area contributed by atoms with Crippen LogP contribution in [0.1, 0.15) is 35.8 Å². The lowest BCUT2D eigenvalue weighted by Crippen LogP contribution is -2.56. The van der Waals surface area contributed by atoms with Gasteiger partial charge < -0.3 is 14.6 Å². The number of fused-ring (bicyclic) bond motifs is 5. The van der Waals surface area contributed by atoms with Crippen LogP contribution < -0.4 is 0 Å². The molecule has 3 unspecified atom stereocenters. The molecule has 2 heterocycles. The van der Waals surface area contributed by atoms with E-state index in [0.717, 1.165) is 35.1 Å². The van der Waals surface area contributed by atoms with Gasteiger partial charge in [-0.3, -0.25) is 9.59 Å². The fourth-order valence-electron chi connectivity index (χ4n) is 5.15. The van der Waals surface area contributed by atoms with Crippen LogP contribution in [0.2, 0.25) is 0 Å². The van der Waals surface area contributed by atoms with Crippen molar-refractivity contribution in [1.82, 2.24) is 9.88 Å². The number of esters is 1. The summed E-state index contributed by atoms with van der Waals surface area (Å²) < 4.78 is 5.17. The standard InChI is InChI=1S/C21H26N2O3/c1-4-12-11-23(2)17-9-15-13-7-5-6-8-16(13)22-20(15)18(24)10-14(12)19(17)21(25)26-3/h5-8,12,14,17,19,22H,4,9-11H2,1-3H3/t12-,14?,17?,19?/m1/s1. The summed E-state index contributed by atoms with van der Waals surface area (Å²) in [6.45, 7) is 3.06. The molecule has 0 spiro atoms. The number of methoxy groups -OCH3 is 1. The van der Waals surface area contributed by atoms with Crippen molar-refractivity contribution in [2.45, 2.75) is 32.2 Å². The summed E-state index contributed by atoms with van der Waals surface area (Å²) in [5.41, 5.74) is 2.77. The van der Waals surface area contributed by atoms with Crippen molar-refractivity contribution in [2.24, 2.45) is 17.8 Å². The minimum atomic E-state index is -0.255. The molecule has 4 rings (SSSR count). The van der Waals surface area contributed by atoms with Gasteiger partial charge >= 0.3 is 5.97 Å². The second kappa shape index (κ2) is 6.54. The number of aromatic nitrogens is 1. The fraction of sp³-hybridized carbons (Fsp3) is 0.524. The summed E-state index contributed by atoms with van der Waals surface area (Å²) in [6.07, 6.45) is 2.05. The van der Waals surface area contributed by atoms with Crippen LogP contribution in [0.3, 0.4) is 0 Å². The van der Waals surface area contributed by atoms with E-state index in [1.165, 1.54) is 7.11 Å². The third-order valence-corrected chi connectivity index (χ3v) is 6.49. The van der Waals surface area contributed by atoms with Gasteiger partial charge in [0.2, 0.25) is 0 Å². The number of carbonyl (C=O) groups is 2. The molecule has 1 fully saturated rings. The van der Waals surface area contributed by atoms with E-state index in [2.05, 4.69) is 29.9 Å². The molecule has 26 heavy (non-hydrogen) atoms. The first-order chi connectivity index (χ1) is 12.5. The van der Waals surface area contributed by atoms with Crippen LogP contribution in [0.15, 0.2) is 24.3 Å². The van der Waals surface area contributed by atoms with Crippen molar-refractivity contribution < 1.29 is 14.3 Å². The molecule has 0 radical (unpaired) electrons. The molecule has 1 aliphatic carbocycles. The summed E-state index contributed by atoms with van der Waals surface area (Å²) in [5.74, 6) is 0.0584. The van der Waals surface area contributed by atoms with Crippen molar-refractivity contribution in [3.8, 4) is 0 Å². The number of aromatic amines is 1. The van der Waals surface area contributed by atoms with Crippen LogP contribution >= 0.6 is 0 Å². The lowest BCUT2D eigenvalue weighted by Gasteiger charge is -2.47. The van der Waals surface area contributed by atoms with Gasteiger partial charge in [-0.2, -0.15) is 0 Å². The maximum atomic E-state index is 13.1. The number of piperidine rings is 1. The number of likely N-dealkylation sites (tertiary alicyclic amines) is 1. The van der Waals surface area contributed by atoms with Crippen molar-refractivity contribution in [3.63, 3.8) is 0 Å². The maximum absolute atomic E-state index is 13.1. The monoisotopic (exact) mass is 354 g/mol. The summed E-state index contributed by atoms with van der Waals surface area (Å²) in [6, 6.07) is 8.10. The number of carbonyl (C=O) groups excluding carboxylic acids is 2. The Kier molecular flexibility index (Phi) is 4.35. The Hall–Kier alpha value is -2.14. The predicted octanol–water partition coefficient (Wildman–Crippen LogP) is 3.04. The summed E-state index contributed by atoms with van der Waals surface area (Å²) in [7, 11) is 3.55. The van der Waals surface area contributed by atoms with Gasteiger partial charge in [0.05, 0.1) is 18.7 Å². The normalized spacial score (nSPS) is 29.1. The molecular weight excluding hydrogens is 328 g/mol.